The van der Waals surface area contributed by atoms with Gasteiger partial charge in [-0.15, -0.1) is 0 Å². The lowest BCUT2D eigenvalue weighted by Crippen LogP contribution is -2.50. The Morgan fingerprint density at radius 2 is 1.52 bits per heavy atom. The number of aromatic nitrogens is 1. The van der Waals surface area contributed by atoms with E-state index in [9.17, 15) is 24.7 Å². The number of nitrogens with one attached hydrogen (secondary N) is 3. The van der Waals surface area contributed by atoms with Crippen LogP contribution in [-0.4, -0.2) is 66.4 Å². The summed E-state index contributed by atoms with van der Waals surface area (Å²) >= 11 is 0. The monoisotopic (exact) mass is 603 g/mol. The van der Waals surface area contributed by atoms with Crippen LogP contribution in [0.2, 0.25) is 0 Å². The Bertz CT molecular complexity index is 1560. The Balaban J connectivity index is 1.57. The van der Waals surface area contributed by atoms with Crippen LogP contribution in [0.4, 0.5) is 0 Å². The van der Waals surface area contributed by atoms with Crippen LogP contribution in [0.25, 0.3) is 10.9 Å². The van der Waals surface area contributed by atoms with Crippen LogP contribution in [0.15, 0.2) is 72.9 Å². The molecule has 3 aromatic carbocycles. The maximum Gasteiger partial charge on any atom is 0.272 e. The summed E-state index contributed by atoms with van der Waals surface area (Å²) in [5, 5.41) is 23.5. The number of hydrogen-bond donors (Lipinski definition) is 5. The van der Waals surface area contributed by atoms with Crippen LogP contribution in [-0.2, 0) is 22.4 Å². The van der Waals surface area contributed by atoms with Gasteiger partial charge >= 0.3 is 0 Å². The van der Waals surface area contributed by atoms with Gasteiger partial charge in [0.05, 0.1) is 33.3 Å². The molecule has 3 atom stereocenters. The molecular weight excluding hydrogens is 566 g/mol. The zero-order valence-electron chi connectivity index (χ0n) is 24.8. The molecule has 4 aromatic rings. The van der Waals surface area contributed by atoms with Gasteiger partial charge < -0.3 is 29.6 Å². The maximum absolute atomic E-state index is 13.9. The normalized spacial score (nSPS) is 13.0. The number of amides is 2. The zero-order valence-corrected chi connectivity index (χ0v) is 24.8. The minimum atomic E-state index is -1.86. The molecule has 11 heteroatoms. The number of benzene rings is 3. The molecule has 1 heterocycles. The first kappa shape index (κ1) is 32.1. The fourth-order valence-electron chi connectivity index (χ4n) is 5.29. The van der Waals surface area contributed by atoms with Crippen LogP contribution in [0, 0.1) is 5.92 Å². The van der Waals surface area contributed by atoms with E-state index in [0.717, 1.165) is 16.6 Å². The Morgan fingerprint density at radius 3 is 2.16 bits per heavy atom. The number of aromatic amines is 1. The molecule has 0 aliphatic carbocycles. The van der Waals surface area contributed by atoms with Crippen molar-refractivity contribution in [2.75, 3.05) is 21.3 Å². The first-order chi connectivity index (χ1) is 21.3. The molecule has 0 bridgehead atoms. The summed E-state index contributed by atoms with van der Waals surface area (Å²) in [4.78, 5) is 42.9. The van der Waals surface area contributed by atoms with Crippen molar-refractivity contribution in [1.82, 2.24) is 15.8 Å². The van der Waals surface area contributed by atoms with Gasteiger partial charge in [-0.2, -0.15) is 0 Å². The highest BCUT2D eigenvalue weighted by atomic mass is 16.5. The van der Waals surface area contributed by atoms with Gasteiger partial charge in [0.2, 0.25) is 11.7 Å². The summed E-state index contributed by atoms with van der Waals surface area (Å²) in [6.07, 6.45) is 0.810. The maximum atomic E-state index is 13.9. The number of para-hydroxylation sites is 1. The van der Waals surface area contributed by atoms with Crippen molar-refractivity contribution < 1.29 is 38.9 Å². The number of carbonyl (C=O) groups is 3. The summed E-state index contributed by atoms with van der Waals surface area (Å²) < 4.78 is 16.2. The van der Waals surface area contributed by atoms with E-state index in [2.05, 4.69) is 10.3 Å². The van der Waals surface area contributed by atoms with E-state index < -0.39 is 29.9 Å². The number of rotatable bonds is 15. The number of aliphatic hydroxyl groups excluding tert-OH is 1. The summed E-state index contributed by atoms with van der Waals surface area (Å²) in [5.41, 5.74) is 4.25. The number of carbonyl (C=O) groups excluding carboxylic acids is 3. The van der Waals surface area contributed by atoms with Crippen molar-refractivity contribution in [1.29, 1.82) is 0 Å². The van der Waals surface area contributed by atoms with Crippen LogP contribution < -0.4 is 25.0 Å². The molecule has 0 saturated carbocycles. The minimum Gasteiger partial charge on any atom is -0.493 e. The van der Waals surface area contributed by atoms with Crippen molar-refractivity contribution in [2.24, 2.45) is 5.92 Å². The van der Waals surface area contributed by atoms with Gasteiger partial charge in [-0.25, -0.2) is 5.48 Å². The van der Waals surface area contributed by atoms with Gasteiger partial charge in [0.1, 0.15) is 6.10 Å². The third-order valence-electron chi connectivity index (χ3n) is 7.57. The number of Topliss-reactive ketones (excluding diaryl/α,β-unsaturated/α-hetero) is 1. The smallest absolute Gasteiger partial charge is 0.272 e. The lowest BCUT2D eigenvalue weighted by molar-refractivity contribution is -0.146. The van der Waals surface area contributed by atoms with Crippen LogP contribution in [0.3, 0.4) is 0 Å². The van der Waals surface area contributed by atoms with Crippen LogP contribution in [0.1, 0.15) is 34.3 Å². The Kier molecular flexibility index (Phi) is 11.0. The first-order valence-electron chi connectivity index (χ1n) is 14.2. The Morgan fingerprint density at radius 1 is 0.864 bits per heavy atom. The quantitative estimate of drug-likeness (QED) is 0.0783. The van der Waals surface area contributed by atoms with Crippen molar-refractivity contribution in [3.05, 3.63) is 89.6 Å². The second-order valence-corrected chi connectivity index (χ2v) is 10.3. The van der Waals surface area contributed by atoms with Crippen LogP contribution >= 0.6 is 0 Å². The number of hydroxylamine groups is 1. The van der Waals surface area contributed by atoms with Crippen molar-refractivity contribution in [3.8, 4) is 17.2 Å². The predicted molar refractivity (Wildman–Crippen MR) is 163 cm³/mol. The topological polar surface area (TPSA) is 159 Å². The van der Waals surface area contributed by atoms with Gasteiger partial charge in [0.15, 0.2) is 17.3 Å². The molecule has 232 valence electrons. The number of fused-ring (bicyclic) bond motifs is 1. The molecule has 4 rings (SSSR count). The number of aryl methyl sites for hydroxylation is 1. The number of methoxy groups -OCH3 is 3. The largest absolute Gasteiger partial charge is 0.493 e. The zero-order chi connectivity index (χ0) is 31.6. The fourth-order valence-corrected chi connectivity index (χ4v) is 5.29. The first-order valence-corrected chi connectivity index (χ1v) is 14.2. The molecule has 2 amide bonds. The SMILES string of the molecule is COc1cc(CCC[C@@H](C(=O)N[C@@H](Cc2ccccc2)C(=O)c2c[nH]c3ccccc23)[C@H](O)C(=O)NO)cc(OC)c1OC. The highest BCUT2D eigenvalue weighted by Crippen LogP contribution is 2.38. The molecule has 0 spiro atoms. The molecule has 0 aliphatic rings. The number of H-pyrrole nitrogens is 1. The summed E-state index contributed by atoms with van der Waals surface area (Å²) in [7, 11) is 4.52. The second kappa shape index (κ2) is 15.0. The average Bonchev–Trinajstić information content (AvgIpc) is 3.49. The number of hydrogen-bond acceptors (Lipinski definition) is 8. The number of aliphatic hydroxyl groups is 1. The molecule has 1 aromatic heterocycles. The molecule has 5 N–H and O–H groups in total. The lowest BCUT2D eigenvalue weighted by Gasteiger charge is -2.25. The predicted octanol–water partition coefficient (Wildman–Crippen LogP) is 3.61. The molecule has 0 fully saturated rings. The van der Waals surface area contributed by atoms with Gasteiger partial charge in [0, 0.05) is 29.1 Å². The van der Waals surface area contributed by atoms with Gasteiger partial charge in [-0.3, -0.25) is 19.6 Å². The molecule has 11 nitrogen and oxygen atoms in total. The van der Waals surface area contributed by atoms with Gasteiger partial charge in [-0.1, -0.05) is 48.5 Å². The summed E-state index contributed by atoms with van der Waals surface area (Å²) in [6.45, 7) is 0. The molecule has 44 heavy (non-hydrogen) atoms. The fraction of sp³-hybridized carbons (Fsp3) is 0.303. The molecule has 0 radical (unpaired) electrons. The van der Waals surface area contributed by atoms with Crippen LogP contribution in [0.5, 0.6) is 17.2 Å². The molecular formula is C33H37N3O8. The van der Waals surface area contributed by atoms with Crippen molar-refractivity contribution in [3.63, 3.8) is 0 Å². The third-order valence-corrected chi connectivity index (χ3v) is 7.57. The van der Waals surface area contributed by atoms with Gasteiger partial charge in [0.25, 0.3) is 5.91 Å². The standard InChI is InChI=1S/C33H37N3O8/c1-42-27-17-21(18-28(43-2)31(27)44-3)12-9-14-23(30(38)33(40)36-41)32(39)35-26(16-20-10-5-4-6-11-20)29(37)24-19-34-25-15-8-7-13-22(24)25/h4-8,10-11,13,15,17-19,23,26,30,34,38,41H,9,12,14,16H2,1-3H3,(H,35,39)(H,36,40)/t23-,26+,30+/m1/s1. The van der Waals surface area contributed by atoms with Crippen molar-refractivity contribution >= 4 is 28.5 Å². The minimum absolute atomic E-state index is 0.0659. The highest BCUT2D eigenvalue weighted by Gasteiger charge is 2.35. The average molecular weight is 604 g/mol. The summed E-state index contributed by atoms with van der Waals surface area (Å²) in [5.74, 6) is -2.03. The van der Waals surface area contributed by atoms with Gasteiger partial charge in [-0.05, 0) is 48.6 Å². The lowest BCUT2D eigenvalue weighted by atomic mass is 9.91. The van der Waals surface area contributed by atoms with E-state index in [-0.39, 0.29) is 18.6 Å². The number of ketones is 1. The van der Waals surface area contributed by atoms with Crippen molar-refractivity contribution in [2.45, 2.75) is 37.8 Å². The van der Waals surface area contributed by atoms with E-state index in [1.165, 1.54) is 26.8 Å². The Labute approximate surface area is 255 Å². The second-order valence-electron chi connectivity index (χ2n) is 10.3. The van der Waals surface area contributed by atoms with E-state index in [0.29, 0.717) is 41.0 Å². The van der Waals surface area contributed by atoms with E-state index in [1.54, 1.807) is 18.3 Å². The highest BCUT2D eigenvalue weighted by molar-refractivity contribution is 6.11. The van der Waals surface area contributed by atoms with E-state index >= 15 is 0 Å². The van der Waals surface area contributed by atoms with E-state index in [1.807, 2.05) is 54.6 Å². The number of ether oxygens (including phenoxy) is 3. The molecule has 0 saturated heterocycles. The Hall–Kier alpha value is -4.87. The molecule has 0 unspecified atom stereocenters. The summed E-state index contributed by atoms with van der Waals surface area (Å²) in [6, 6.07) is 19.2. The third kappa shape index (κ3) is 7.36. The van der Waals surface area contributed by atoms with E-state index in [4.69, 9.17) is 14.2 Å². The molecule has 0 aliphatic heterocycles.